The summed E-state index contributed by atoms with van der Waals surface area (Å²) in [5.74, 6) is 1.19. The van der Waals surface area contributed by atoms with Gasteiger partial charge in [-0.3, -0.25) is 14.5 Å². The number of nitrogens with zero attached hydrogens (tertiary/aromatic N) is 5. The lowest BCUT2D eigenvalue weighted by Gasteiger charge is -2.39. The van der Waals surface area contributed by atoms with Crippen LogP contribution in [-0.4, -0.2) is 75.3 Å². The first kappa shape index (κ1) is 24.8. The van der Waals surface area contributed by atoms with Gasteiger partial charge in [0, 0.05) is 38.8 Å². The van der Waals surface area contributed by atoms with E-state index >= 15 is 0 Å². The molecule has 5 rings (SSSR count). The van der Waals surface area contributed by atoms with E-state index in [1.165, 1.54) is 0 Å². The van der Waals surface area contributed by atoms with Gasteiger partial charge in [0.05, 0.1) is 34.1 Å². The van der Waals surface area contributed by atoms with Crippen molar-refractivity contribution in [2.24, 2.45) is 5.92 Å². The molecule has 8 heteroatoms. The van der Waals surface area contributed by atoms with Crippen molar-refractivity contribution in [1.82, 2.24) is 24.3 Å². The maximum Gasteiger partial charge on any atom is 0.255 e. The maximum atomic E-state index is 13.4. The van der Waals surface area contributed by atoms with Crippen molar-refractivity contribution in [3.05, 3.63) is 64.9 Å². The van der Waals surface area contributed by atoms with Crippen LogP contribution in [0.15, 0.2) is 48.5 Å². The number of halogens is 1. The van der Waals surface area contributed by atoms with Gasteiger partial charge < -0.3 is 14.4 Å². The molecule has 2 amide bonds. The molecule has 190 valence electrons. The Morgan fingerprint density at radius 3 is 2.42 bits per heavy atom. The number of hydrogen-bond donors (Lipinski definition) is 0. The largest absolute Gasteiger partial charge is 0.339 e. The average molecular weight is 508 g/mol. The molecule has 2 saturated heterocycles. The predicted molar refractivity (Wildman–Crippen MR) is 142 cm³/mol. The lowest BCUT2D eigenvalue weighted by atomic mass is 9.96. The summed E-state index contributed by atoms with van der Waals surface area (Å²) < 4.78 is 2.32. The summed E-state index contributed by atoms with van der Waals surface area (Å²) in [5, 5.41) is 0.467. The van der Waals surface area contributed by atoms with Crippen LogP contribution in [0.4, 0.5) is 0 Å². The van der Waals surface area contributed by atoms with Gasteiger partial charge in [-0.1, -0.05) is 35.9 Å². The molecule has 2 fully saturated rings. The van der Waals surface area contributed by atoms with Gasteiger partial charge in [0.25, 0.3) is 5.91 Å². The summed E-state index contributed by atoms with van der Waals surface area (Å²) in [7, 11) is 0. The standard InChI is InChI=1S/C28H34ClN5O2/c1-20(2)34-25-12-6-5-11-24(25)30-26(34)19-31-13-7-8-21(18-31)27(35)32-14-16-33(17-15-32)28(36)22-9-3-4-10-23(22)29/h3-6,9-12,20-21H,7-8,13-19H2,1-2H3/t21-/m1/s1. The lowest BCUT2D eigenvalue weighted by molar-refractivity contribution is -0.139. The van der Waals surface area contributed by atoms with Crippen molar-refractivity contribution in [2.45, 2.75) is 39.3 Å². The molecule has 3 heterocycles. The fourth-order valence-corrected chi connectivity index (χ4v) is 5.79. The number of aromatic nitrogens is 2. The molecule has 1 atom stereocenters. The number of piperidine rings is 1. The number of benzene rings is 2. The van der Waals surface area contributed by atoms with E-state index in [1.807, 2.05) is 23.1 Å². The van der Waals surface area contributed by atoms with E-state index in [1.54, 1.807) is 17.0 Å². The monoisotopic (exact) mass is 507 g/mol. The van der Waals surface area contributed by atoms with E-state index in [2.05, 4.69) is 41.5 Å². The molecule has 36 heavy (non-hydrogen) atoms. The van der Waals surface area contributed by atoms with E-state index in [0.717, 1.165) is 49.3 Å². The normalized spacial score (nSPS) is 19.3. The van der Waals surface area contributed by atoms with E-state index < -0.39 is 0 Å². The van der Waals surface area contributed by atoms with Crippen molar-refractivity contribution in [1.29, 1.82) is 0 Å². The summed E-state index contributed by atoms with van der Waals surface area (Å²) >= 11 is 6.22. The fourth-order valence-electron chi connectivity index (χ4n) is 5.58. The highest BCUT2D eigenvalue weighted by molar-refractivity contribution is 6.33. The second-order valence-electron chi connectivity index (χ2n) is 10.2. The van der Waals surface area contributed by atoms with Crippen molar-refractivity contribution in [3.8, 4) is 0 Å². The molecule has 7 nitrogen and oxygen atoms in total. The Morgan fingerprint density at radius 2 is 1.67 bits per heavy atom. The molecule has 0 bridgehead atoms. The van der Waals surface area contributed by atoms with Gasteiger partial charge in [-0.25, -0.2) is 4.98 Å². The zero-order chi connectivity index (χ0) is 25.2. The molecule has 0 aliphatic carbocycles. The predicted octanol–water partition coefficient (Wildman–Crippen LogP) is 4.47. The second-order valence-corrected chi connectivity index (χ2v) is 10.6. The smallest absolute Gasteiger partial charge is 0.255 e. The van der Waals surface area contributed by atoms with Gasteiger partial charge in [-0.15, -0.1) is 0 Å². The number of para-hydroxylation sites is 2. The summed E-state index contributed by atoms with van der Waals surface area (Å²) in [5.41, 5.74) is 2.71. The van der Waals surface area contributed by atoms with Crippen LogP contribution in [0, 0.1) is 5.92 Å². The Labute approximate surface area is 217 Å². The topological polar surface area (TPSA) is 61.7 Å². The van der Waals surface area contributed by atoms with E-state index in [0.29, 0.717) is 42.8 Å². The number of rotatable bonds is 5. The minimum absolute atomic E-state index is 0.0125. The highest BCUT2D eigenvalue weighted by atomic mass is 35.5. The third kappa shape index (κ3) is 5.00. The van der Waals surface area contributed by atoms with Gasteiger partial charge in [0.2, 0.25) is 5.91 Å². The minimum Gasteiger partial charge on any atom is -0.339 e. The first-order valence-corrected chi connectivity index (χ1v) is 13.3. The number of imidazole rings is 1. The van der Waals surface area contributed by atoms with Crippen LogP contribution in [0.1, 0.15) is 48.9 Å². The first-order valence-electron chi connectivity index (χ1n) is 12.9. The summed E-state index contributed by atoms with van der Waals surface area (Å²) in [6.45, 7) is 9.05. The average Bonchev–Trinajstić information content (AvgIpc) is 3.26. The fraction of sp³-hybridized carbons (Fsp3) is 0.464. The molecular formula is C28H34ClN5O2. The minimum atomic E-state index is -0.0652. The number of likely N-dealkylation sites (tertiary alicyclic amines) is 1. The SMILES string of the molecule is CC(C)n1c(CN2CCC[C@@H](C(=O)N3CCN(C(=O)c4ccccc4Cl)CC3)C2)nc2ccccc21. The van der Waals surface area contributed by atoms with Crippen molar-refractivity contribution in [2.75, 3.05) is 39.3 Å². The highest BCUT2D eigenvalue weighted by Gasteiger charge is 2.33. The summed E-state index contributed by atoms with van der Waals surface area (Å²) in [6, 6.07) is 15.7. The van der Waals surface area contributed by atoms with Crippen LogP contribution in [0.3, 0.4) is 0 Å². The van der Waals surface area contributed by atoms with Gasteiger partial charge in [0.1, 0.15) is 5.82 Å². The van der Waals surface area contributed by atoms with E-state index in [4.69, 9.17) is 16.6 Å². The van der Waals surface area contributed by atoms with Crippen LogP contribution < -0.4 is 0 Å². The Morgan fingerprint density at radius 1 is 0.972 bits per heavy atom. The van der Waals surface area contributed by atoms with Gasteiger partial charge in [-0.2, -0.15) is 0 Å². The van der Waals surface area contributed by atoms with Crippen molar-refractivity contribution >= 4 is 34.4 Å². The number of hydrogen-bond acceptors (Lipinski definition) is 4. The van der Waals surface area contributed by atoms with Crippen LogP contribution in [0.5, 0.6) is 0 Å². The van der Waals surface area contributed by atoms with Crippen LogP contribution in [-0.2, 0) is 11.3 Å². The molecule has 1 aromatic heterocycles. The number of fused-ring (bicyclic) bond motifs is 1. The Bertz CT molecular complexity index is 1250. The molecule has 2 aliphatic rings. The van der Waals surface area contributed by atoms with Crippen LogP contribution in [0.25, 0.3) is 11.0 Å². The third-order valence-corrected chi connectivity index (χ3v) is 7.72. The summed E-state index contributed by atoms with van der Waals surface area (Å²) in [6.07, 6.45) is 1.91. The molecule has 0 saturated carbocycles. The number of piperazine rings is 1. The molecule has 3 aromatic rings. The molecule has 0 unspecified atom stereocenters. The van der Waals surface area contributed by atoms with Gasteiger partial charge >= 0.3 is 0 Å². The van der Waals surface area contributed by atoms with Crippen LogP contribution in [0.2, 0.25) is 5.02 Å². The lowest BCUT2D eigenvalue weighted by Crippen LogP contribution is -2.53. The zero-order valence-electron chi connectivity index (χ0n) is 21.1. The molecule has 0 N–H and O–H groups in total. The van der Waals surface area contributed by atoms with E-state index in [-0.39, 0.29) is 17.7 Å². The Kier molecular flexibility index (Phi) is 7.30. The van der Waals surface area contributed by atoms with Crippen molar-refractivity contribution in [3.63, 3.8) is 0 Å². The molecular weight excluding hydrogens is 474 g/mol. The van der Waals surface area contributed by atoms with Crippen LogP contribution >= 0.6 is 11.6 Å². The third-order valence-electron chi connectivity index (χ3n) is 7.39. The van der Waals surface area contributed by atoms with Gasteiger partial charge in [-0.05, 0) is 57.5 Å². The number of carbonyl (C=O) groups is 2. The molecule has 2 aromatic carbocycles. The maximum absolute atomic E-state index is 13.4. The quantitative estimate of drug-likeness (QED) is 0.511. The number of carbonyl (C=O) groups excluding carboxylic acids is 2. The number of amides is 2. The Hall–Kier alpha value is -2.90. The molecule has 2 aliphatic heterocycles. The second kappa shape index (κ2) is 10.6. The molecule has 0 spiro atoms. The highest BCUT2D eigenvalue weighted by Crippen LogP contribution is 2.26. The van der Waals surface area contributed by atoms with E-state index in [9.17, 15) is 9.59 Å². The summed E-state index contributed by atoms with van der Waals surface area (Å²) in [4.78, 5) is 37.3. The van der Waals surface area contributed by atoms with Gasteiger partial charge in [0.15, 0.2) is 0 Å². The molecule has 0 radical (unpaired) electrons. The zero-order valence-corrected chi connectivity index (χ0v) is 21.8. The Balaban J connectivity index is 1.20. The first-order chi connectivity index (χ1) is 17.4. The van der Waals surface area contributed by atoms with Crippen molar-refractivity contribution < 1.29 is 9.59 Å².